The fraction of sp³-hybridized carbons (Fsp3) is 0.933. The number of carbonyl (C=O) groups is 1. The Balaban J connectivity index is 2.00. The highest BCUT2D eigenvalue weighted by atomic mass is 16.4. The van der Waals surface area contributed by atoms with Gasteiger partial charge in [-0.05, 0) is 64.7 Å². The number of likely N-dealkylation sites (tertiary alicyclic amines) is 2. The van der Waals surface area contributed by atoms with E-state index in [9.17, 15) is 9.90 Å². The van der Waals surface area contributed by atoms with Gasteiger partial charge in [0.1, 0.15) is 5.54 Å². The number of nitrogens with zero attached hydrogens (tertiary/aromatic N) is 2. The molecule has 0 aromatic carbocycles. The molecule has 2 fully saturated rings. The van der Waals surface area contributed by atoms with E-state index in [0.717, 1.165) is 51.7 Å². The lowest BCUT2D eigenvalue weighted by molar-refractivity contribution is -0.152. The van der Waals surface area contributed by atoms with Crippen molar-refractivity contribution in [3.05, 3.63) is 0 Å². The second kappa shape index (κ2) is 6.23. The minimum Gasteiger partial charge on any atom is -0.480 e. The normalized spacial score (nSPS) is 30.8. The van der Waals surface area contributed by atoms with Gasteiger partial charge in [0, 0.05) is 6.04 Å². The number of piperidine rings is 1. The molecule has 110 valence electrons. The number of rotatable bonds is 5. The molecule has 19 heavy (non-hydrogen) atoms. The Kier molecular flexibility index (Phi) is 4.85. The van der Waals surface area contributed by atoms with Gasteiger partial charge in [0.25, 0.3) is 0 Å². The van der Waals surface area contributed by atoms with E-state index in [1.807, 2.05) is 6.92 Å². The summed E-state index contributed by atoms with van der Waals surface area (Å²) in [6.45, 7) is 8.67. The van der Waals surface area contributed by atoms with Crippen LogP contribution in [0.5, 0.6) is 0 Å². The average molecular weight is 268 g/mol. The van der Waals surface area contributed by atoms with Crippen molar-refractivity contribution in [2.24, 2.45) is 0 Å². The maximum absolute atomic E-state index is 11.7. The first-order valence-electron chi connectivity index (χ1n) is 7.86. The molecule has 0 aromatic heterocycles. The van der Waals surface area contributed by atoms with Crippen LogP contribution in [0.15, 0.2) is 0 Å². The second-order valence-electron chi connectivity index (χ2n) is 6.06. The molecule has 0 radical (unpaired) electrons. The van der Waals surface area contributed by atoms with Gasteiger partial charge in [0.15, 0.2) is 0 Å². The molecule has 0 aromatic rings. The highest BCUT2D eigenvalue weighted by Gasteiger charge is 2.48. The number of aliphatic carboxylic acids is 1. The van der Waals surface area contributed by atoms with Crippen molar-refractivity contribution < 1.29 is 9.90 Å². The van der Waals surface area contributed by atoms with E-state index in [1.54, 1.807) is 0 Å². The molecular formula is C15H28N2O2. The molecule has 1 N–H and O–H groups in total. The maximum atomic E-state index is 11.7. The molecule has 4 nitrogen and oxygen atoms in total. The summed E-state index contributed by atoms with van der Waals surface area (Å²) in [6, 6.07) is 0.478. The number of carboxylic acids is 1. The summed E-state index contributed by atoms with van der Waals surface area (Å²) < 4.78 is 0. The van der Waals surface area contributed by atoms with Crippen molar-refractivity contribution in [1.82, 2.24) is 9.80 Å². The fourth-order valence-electron chi connectivity index (χ4n) is 3.96. The molecule has 0 saturated carbocycles. The Labute approximate surface area is 116 Å². The Morgan fingerprint density at radius 1 is 1.26 bits per heavy atom. The van der Waals surface area contributed by atoms with E-state index in [2.05, 4.69) is 16.7 Å². The van der Waals surface area contributed by atoms with Crippen LogP contribution in [0.2, 0.25) is 0 Å². The molecule has 0 aliphatic carbocycles. The van der Waals surface area contributed by atoms with Gasteiger partial charge < -0.3 is 10.0 Å². The Hall–Kier alpha value is -0.610. The van der Waals surface area contributed by atoms with Crippen LogP contribution in [0, 0.1) is 0 Å². The zero-order valence-corrected chi connectivity index (χ0v) is 12.4. The standard InChI is InChI=1S/C15H28N2O2/c1-3-9-16-11-6-13(7-12-16)17-10-5-8-15(17,4-2)14(18)19/h13H,3-12H2,1-2H3,(H,18,19). The van der Waals surface area contributed by atoms with Crippen molar-refractivity contribution in [3.8, 4) is 0 Å². The molecule has 2 saturated heterocycles. The molecule has 0 spiro atoms. The van der Waals surface area contributed by atoms with Crippen LogP contribution in [0.3, 0.4) is 0 Å². The van der Waals surface area contributed by atoms with E-state index in [-0.39, 0.29) is 0 Å². The fourth-order valence-corrected chi connectivity index (χ4v) is 3.96. The lowest BCUT2D eigenvalue weighted by atomic mass is 9.90. The third-order valence-corrected chi connectivity index (χ3v) is 5.06. The Morgan fingerprint density at radius 2 is 1.95 bits per heavy atom. The van der Waals surface area contributed by atoms with Crippen LogP contribution >= 0.6 is 0 Å². The molecule has 2 aliphatic heterocycles. The van der Waals surface area contributed by atoms with Crippen LogP contribution < -0.4 is 0 Å². The number of carboxylic acid groups (broad SMARTS) is 1. The van der Waals surface area contributed by atoms with Crippen molar-refractivity contribution >= 4 is 5.97 Å². The lowest BCUT2D eigenvalue weighted by Crippen LogP contribution is -2.56. The van der Waals surface area contributed by atoms with Crippen LogP contribution in [0.4, 0.5) is 0 Å². The highest BCUT2D eigenvalue weighted by Crippen LogP contribution is 2.37. The van der Waals surface area contributed by atoms with Crippen LogP contribution in [0.1, 0.15) is 52.4 Å². The van der Waals surface area contributed by atoms with Gasteiger partial charge in [0.2, 0.25) is 0 Å². The van der Waals surface area contributed by atoms with Gasteiger partial charge in [-0.15, -0.1) is 0 Å². The van der Waals surface area contributed by atoms with E-state index < -0.39 is 11.5 Å². The maximum Gasteiger partial charge on any atom is 0.324 e. The smallest absolute Gasteiger partial charge is 0.324 e. The summed E-state index contributed by atoms with van der Waals surface area (Å²) in [5.41, 5.74) is -0.572. The third kappa shape index (κ3) is 2.79. The summed E-state index contributed by atoms with van der Waals surface area (Å²) >= 11 is 0. The topological polar surface area (TPSA) is 43.8 Å². The summed E-state index contributed by atoms with van der Waals surface area (Å²) in [7, 11) is 0. The lowest BCUT2D eigenvalue weighted by Gasteiger charge is -2.43. The van der Waals surface area contributed by atoms with Gasteiger partial charge in [0.05, 0.1) is 0 Å². The average Bonchev–Trinajstić information content (AvgIpc) is 2.85. The van der Waals surface area contributed by atoms with E-state index in [4.69, 9.17) is 0 Å². The van der Waals surface area contributed by atoms with Gasteiger partial charge in [-0.2, -0.15) is 0 Å². The summed E-state index contributed by atoms with van der Waals surface area (Å²) in [4.78, 5) is 16.6. The predicted molar refractivity (Wildman–Crippen MR) is 76.4 cm³/mol. The second-order valence-corrected chi connectivity index (χ2v) is 6.06. The molecule has 2 rings (SSSR count). The quantitative estimate of drug-likeness (QED) is 0.830. The predicted octanol–water partition coefficient (Wildman–Crippen LogP) is 2.19. The minimum atomic E-state index is -0.608. The summed E-state index contributed by atoms with van der Waals surface area (Å²) in [6.07, 6.45) is 6.08. The van der Waals surface area contributed by atoms with Crippen molar-refractivity contribution in [2.45, 2.75) is 64.0 Å². The summed E-state index contributed by atoms with van der Waals surface area (Å²) in [5.74, 6) is -0.608. The monoisotopic (exact) mass is 268 g/mol. The Morgan fingerprint density at radius 3 is 2.47 bits per heavy atom. The van der Waals surface area contributed by atoms with Crippen molar-refractivity contribution in [2.75, 3.05) is 26.2 Å². The first-order valence-corrected chi connectivity index (χ1v) is 7.86. The van der Waals surface area contributed by atoms with E-state index in [1.165, 1.54) is 13.0 Å². The first kappa shape index (κ1) is 14.8. The largest absolute Gasteiger partial charge is 0.480 e. The van der Waals surface area contributed by atoms with Gasteiger partial charge >= 0.3 is 5.97 Å². The third-order valence-electron chi connectivity index (χ3n) is 5.06. The molecule has 0 amide bonds. The molecule has 1 atom stereocenters. The Bertz CT molecular complexity index is 313. The van der Waals surface area contributed by atoms with E-state index in [0.29, 0.717) is 6.04 Å². The van der Waals surface area contributed by atoms with Crippen LogP contribution in [0.25, 0.3) is 0 Å². The van der Waals surface area contributed by atoms with Gasteiger partial charge in [-0.25, -0.2) is 0 Å². The van der Waals surface area contributed by atoms with Crippen LogP contribution in [-0.2, 0) is 4.79 Å². The van der Waals surface area contributed by atoms with Gasteiger partial charge in [-0.3, -0.25) is 9.69 Å². The highest BCUT2D eigenvalue weighted by molar-refractivity contribution is 5.79. The minimum absolute atomic E-state index is 0.478. The molecule has 1 unspecified atom stereocenters. The zero-order chi connectivity index (χ0) is 13.9. The van der Waals surface area contributed by atoms with Crippen molar-refractivity contribution in [1.29, 1.82) is 0 Å². The zero-order valence-electron chi connectivity index (χ0n) is 12.4. The van der Waals surface area contributed by atoms with Crippen LogP contribution in [-0.4, -0.2) is 58.6 Å². The number of hydrogen-bond donors (Lipinski definition) is 1. The molecule has 2 heterocycles. The first-order chi connectivity index (χ1) is 9.14. The molecule has 4 heteroatoms. The summed E-state index contributed by atoms with van der Waals surface area (Å²) in [5, 5.41) is 9.65. The number of hydrogen-bond acceptors (Lipinski definition) is 3. The molecule has 2 aliphatic rings. The molecular weight excluding hydrogens is 240 g/mol. The SMILES string of the molecule is CCCN1CCC(N2CCCC2(CC)C(=O)O)CC1. The molecule has 0 bridgehead atoms. The van der Waals surface area contributed by atoms with Crippen molar-refractivity contribution in [3.63, 3.8) is 0 Å². The van der Waals surface area contributed by atoms with E-state index >= 15 is 0 Å². The van der Waals surface area contributed by atoms with Gasteiger partial charge in [-0.1, -0.05) is 13.8 Å².